The van der Waals surface area contributed by atoms with Crippen molar-refractivity contribution in [2.24, 2.45) is 5.92 Å². The van der Waals surface area contributed by atoms with Crippen molar-refractivity contribution in [3.63, 3.8) is 0 Å². The van der Waals surface area contributed by atoms with E-state index in [1.165, 1.54) is 6.33 Å². The number of nitrogens with two attached hydrogens (primary N) is 1. The number of aliphatic hydroxyl groups is 1. The van der Waals surface area contributed by atoms with Gasteiger partial charge in [0, 0.05) is 37.5 Å². The number of nitrogen functional groups attached to an aromatic ring is 1. The van der Waals surface area contributed by atoms with Gasteiger partial charge in [0.05, 0.1) is 12.0 Å². The summed E-state index contributed by atoms with van der Waals surface area (Å²) in [6.45, 7) is 13.5. The zero-order valence-electron chi connectivity index (χ0n) is 18.2. The summed E-state index contributed by atoms with van der Waals surface area (Å²) in [6, 6.07) is 7.98. The molecule has 1 aliphatic heterocycles. The number of likely N-dealkylation sites (tertiary alicyclic amines) is 1. The standard InChI is InChI=1S/C24H26N6O2/c1-15-5-7-17(8-6-15)20-19(11-18(26-3)24(32)29-12-16(2)13-29)30(9-4-10-31)23-21(20)22(25)27-14-28-23/h5-8,11,14,16,31H,4,9-10,12-13H2,1-2H3,(H2,25,27,28)/b18-11-. The summed E-state index contributed by atoms with van der Waals surface area (Å²) in [5.41, 5.74) is 10.4. The van der Waals surface area contributed by atoms with E-state index in [9.17, 15) is 9.90 Å². The SMILES string of the molecule is [C-]#[N+]/C(=C\c1c(-c2ccc(C)cc2)c2c(N)ncnc2n1CCCO)C(=O)N1CC(C)C1. The summed E-state index contributed by atoms with van der Waals surface area (Å²) in [5, 5.41) is 10.1. The molecular formula is C24H26N6O2. The number of carbonyl (C=O) groups excluding carboxylic acids is 1. The Hall–Kier alpha value is -3.70. The lowest BCUT2D eigenvalue weighted by Crippen LogP contribution is -2.48. The third-order valence-corrected chi connectivity index (χ3v) is 5.75. The van der Waals surface area contributed by atoms with Crippen LogP contribution in [0.5, 0.6) is 0 Å². The van der Waals surface area contributed by atoms with E-state index in [0.717, 1.165) is 16.7 Å². The normalized spacial score (nSPS) is 14.4. The number of carbonyl (C=O) groups is 1. The van der Waals surface area contributed by atoms with Crippen LogP contribution in [-0.2, 0) is 11.3 Å². The first-order chi connectivity index (χ1) is 15.4. The molecule has 164 valence electrons. The predicted molar refractivity (Wildman–Crippen MR) is 124 cm³/mol. The Morgan fingerprint density at radius 2 is 2.03 bits per heavy atom. The van der Waals surface area contributed by atoms with Crippen molar-refractivity contribution in [3.05, 3.63) is 59.0 Å². The molecule has 2 aromatic heterocycles. The maximum absolute atomic E-state index is 12.9. The second-order valence-corrected chi connectivity index (χ2v) is 8.27. The van der Waals surface area contributed by atoms with E-state index in [-0.39, 0.29) is 18.2 Å². The molecule has 1 amide bonds. The molecular weight excluding hydrogens is 404 g/mol. The zero-order chi connectivity index (χ0) is 22.8. The lowest BCUT2D eigenvalue weighted by molar-refractivity contribution is -0.132. The summed E-state index contributed by atoms with van der Waals surface area (Å²) in [5.74, 6) is 0.501. The topological polar surface area (TPSA) is 102 Å². The van der Waals surface area contributed by atoms with E-state index in [1.54, 1.807) is 11.0 Å². The smallest absolute Gasteiger partial charge is 0.252 e. The van der Waals surface area contributed by atoms with Gasteiger partial charge in [-0.2, -0.15) is 0 Å². The van der Waals surface area contributed by atoms with Crippen molar-refractivity contribution in [2.45, 2.75) is 26.8 Å². The highest BCUT2D eigenvalue weighted by Crippen LogP contribution is 2.38. The van der Waals surface area contributed by atoms with Gasteiger partial charge in [0.15, 0.2) is 0 Å². The average Bonchev–Trinajstić information content (AvgIpc) is 3.08. The van der Waals surface area contributed by atoms with Crippen molar-refractivity contribution < 1.29 is 9.90 Å². The summed E-state index contributed by atoms with van der Waals surface area (Å²) in [6.07, 6.45) is 3.53. The Balaban J connectivity index is 1.97. The number of benzene rings is 1. The number of anilines is 1. The molecule has 3 heterocycles. The molecule has 0 aliphatic carbocycles. The monoisotopic (exact) mass is 430 g/mol. The van der Waals surface area contributed by atoms with E-state index in [4.69, 9.17) is 12.3 Å². The Morgan fingerprint density at radius 3 is 2.66 bits per heavy atom. The maximum atomic E-state index is 12.9. The van der Waals surface area contributed by atoms with Crippen molar-refractivity contribution in [2.75, 3.05) is 25.4 Å². The number of amides is 1. The molecule has 1 saturated heterocycles. The van der Waals surface area contributed by atoms with Gasteiger partial charge in [-0.3, -0.25) is 4.79 Å². The van der Waals surface area contributed by atoms with Gasteiger partial charge < -0.3 is 20.3 Å². The van der Waals surface area contributed by atoms with Crippen LogP contribution in [0.2, 0.25) is 0 Å². The number of nitrogens with zero attached hydrogens (tertiary/aromatic N) is 5. The molecule has 0 atom stereocenters. The van der Waals surface area contributed by atoms with Gasteiger partial charge in [-0.25, -0.2) is 14.8 Å². The molecule has 8 heteroatoms. The Bertz CT molecular complexity index is 1230. The Labute approximate surface area is 186 Å². The van der Waals surface area contributed by atoms with Gasteiger partial charge in [-0.15, -0.1) is 0 Å². The highest BCUT2D eigenvalue weighted by atomic mass is 16.3. The van der Waals surface area contributed by atoms with Gasteiger partial charge in [0.1, 0.15) is 17.8 Å². The fourth-order valence-electron chi connectivity index (χ4n) is 4.13. The van der Waals surface area contributed by atoms with Crippen LogP contribution in [0.1, 0.15) is 24.6 Å². The Morgan fingerprint density at radius 1 is 1.31 bits per heavy atom. The van der Waals surface area contributed by atoms with Crippen molar-refractivity contribution in [3.8, 4) is 11.1 Å². The largest absolute Gasteiger partial charge is 0.396 e. The van der Waals surface area contributed by atoms with Crippen LogP contribution in [-0.4, -0.2) is 50.1 Å². The lowest BCUT2D eigenvalue weighted by Gasteiger charge is -2.37. The Kier molecular flexibility index (Phi) is 5.93. The number of aliphatic hydroxyl groups excluding tert-OH is 1. The lowest BCUT2D eigenvalue weighted by atomic mass is 10.00. The van der Waals surface area contributed by atoms with Gasteiger partial charge in [-0.05, 0) is 30.9 Å². The van der Waals surface area contributed by atoms with Crippen LogP contribution in [0, 0.1) is 19.4 Å². The number of rotatable bonds is 6. The van der Waals surface area contributed by atoms with Crippen LogP contribution < -0.4 is 5.73 Å². The molecule has 3 aromatic rings. The molecule has 1 fully saturated rings. The van der Waals surface area contributed by atoms with E-state index in [2.05, 4.69) is 21.7 Å². The fourth-order valence-corrected chi connectivity index (χ4v) is 4.13. The summed E-state index contributed by atoms with van der Waals surface area (Å²) >= 11 is 0. The van der Waals surface area contributed by atoms with Crippen LogP contribution >= 0.6 is 0 Å². The minimum atomic E-state index is -0.272. The highest BCUT2D eigenvalue weighted by Gasteiger charge is 2.30. The maximum Gasteiger partial charge on any atom is 0.252 e. The van der Waals surface area contributed by atoms with E-state index < -0.39 is 0 Å². The molecule has 1 aliphatic rings. The third-order valence-electron chi connectivity index (χ3n) is 5.75. The number of aryl methyl sites for hydroxylation is 2. The van der Waals surface area contributed by atoms with Gasteiger partial charge in [-0.1, -0.05) is 36.8 Å². The molecule has 0 radical (unpaired) electrons. The van der Waals surface area contributed by atoms with Gasteiger partial charge >= 0.3 is 0 Å². The quantitative estimate of drug-likeness (QED) is 0.462. The van der Waals surface area contributed by atoms with Crippen molar-refractivity contribution in [1.29, 1.82) is 0 Å². The third kappa shape index (κ3) is 3.83. The molecule has 1 aromatic carbocycles. The summed E-state index contributed by atoms with van der Waals surface area (Å²) < 4.78 is 1.91. The number of fused-ring (bicyclic) bond motifs is 1. The molecule has 4 rings (SSSR count). The van der Waals surface area contributed by atoms with Gasteiger partial charge in [0.2, 0.25) is 0 Å². The van der Waals surface area contributed by atoms with E-state index >= 15 is 0 Å². The van der Waals surface area contributed by atoms with Crippen LogP contribution in [0.15, 0.2) is 36.3 Å². The van der Waals surface area contributed by atoms with E-state index in [0.29, 0.717) is 54.5 Å². The summed E-state index contributed by atoms with van der Waals surface area (Å²) in [7, 11) is 0. The number of hydrogen-bond acceptors (Lipinski definition) is 5. The minimum absolute atomic E-state index is 0.00350. The van der Waals surface area contributed by atoms with Crippen LogP contribution in [0.25, 0.3) is 33.1 Å². The number of hydrogen-bond donors (Lipinski definition) is 2. The number of aromatic nitrogens is 3. The average molecular weight is 431 g/mol. The first-order valence-corrected chi connectivity index (χ1v) is 10.6. The van der Waals surface area contributed by atoms with Crippen molar-refractivity contribution >= 4 is 28.8 Å². The second-order valence-electron chi connectivity index (χ2n) is 8.27. The molecule has 8 nitrogen and oxygen atoms in total. The highest BCUT2D eigenvalue weighted by molar-refractivity contribution is 6.07. The molecule has 0 unspecified atom stereocenters. The first-order valence-electron chi connectivity index (χ1n) is 10.6. The summed E-state index contributed by atoms with van der Waals surface area (Å²) in [4.78, 5) is 26.8. The zero-order valence-corrected chi connectivity index (χ0v) is 18.2. The van der Waals surface area contributed by atoms with Crippen LogP contribution in [0.3, 0.4) is 0 Å². The van der Waals surface area contributed by atoms with Crippen LogP contribution in [0.4, 0.5) is 5.82 Å². The van der Waals surface area contributed by atoms with Gasteiger partial charge in [0.25, 0.3) is 11.6 Å². The second kappa shape index (κ2) is 8.81. The molecule has 0 bridgehead atoms. The predicted octanol–water partition coefficient (Wildman–Crippen LogP) is 3.11. The minimum Gasteiger partial charge on any atom is -0.396 e. The van der Waals surface area contributed by atoms with E-state index in [1.807, 2.05) is 35.8 Å². The molecule has 0 saturated carbocycles. The first kappa shape index (κ1) is 21.5. The molecule has 32 heavy (non-hydrogen) atoms. The molecule has 3 N–H and O–H groups in total. The fraction of sp³-hybridized carbons (Fsp3) is 0.333. The molecule has 0 spiro atoms. The van der Waals surface area contributed by atoms with Crippen molar-refractivity contribution in [1.82, 2.24) is 19.4 Å².